The number of amides is 1. The standard InChI is InChI=1S/C14H20N2O4/c1-8(2)12-11(9(3)16-20-12)13(19)15-14(5-4-6-14)7-10(17)18/h8H,4-7H2,1-3H3,(H,15,19)(H,17,18). The van der Waals surface area contributed by atoms with Gasteiger partial charge < -0.3 is 14.9 Å². The summed E-state index contributed by atoms with van der Waals surface area (Å²) in [6.45, 7) is 5.56. The predicted octanol–water partition coefficient (Wildman–Crippen LogP) is 2.23. The van der Waals surface area contributed by atoms with E-state index >= 15 is 0 Å². The highest BCUT2D eigenvalue weighted by Gasteiger charge is 2.41. The van der Waals surface area contributed by atoms with Gasteiger partial charge in [-0.25, -0.2) is 0 Å². The maximum Gasteiger partial charge on any atom is 0.305 e. The largest absolute Gasteiger partial charge is 0.481 e. The number of aliphatic carboxylic acids is 1. The summed E-state index contributed by atoms with van der Waals surface area (Å²) in [5, 5.41) is 15.7. The number of carbonyl (C=O) groups excluding carboxylic acids is 1. The van der Waals surface area contributed by atoms with Gasteiger partial charge in [0, 0.05) is 5.92 Å². The number of carbonyl (C=O) groups is 2. The molecule has 0 atom stereocenters. The Morgan fingerprint density at radius 3 is 2.55 bits per heavy atom. The van der Waals surface area contributed by atoms with Gasteiger partial charge in [-0.2, -0.15) is 0 Å². The monoisotopic (exact) mass is 280 g/mol. The normalized spacial score (nSPS) is 16.8. The third kappa shape index (κ3) is 2.69. The zero-order chi connectivity index (χ0) is 14.9. The average Bonchev–Trinajstić information content (AvgIpc) is 2.67. The van der Waals surface area contributed by atoms with E-state index in [2.05, 4.69) is 10.5 Å². The van der Waals surface area contributed by atoms with Crippen molar-refractivity contribution in [3.63, 3.8) is 0 Å². The van der Waals surface area contributed by atoms with Gasteiger partial charge in [0.2, 0.25) is 0 Å². The molecule has 1 fully saturated rings. The molecule has 0 aromatic carbocycles. The fourth-order valence-electron chi connectivity index (χ4n) is 2.60. The van der Waals surface area contributed by atoms with E-state index < -0.39 is 11.5 Å². The molecule has 1 saturated carbocycles. The first-order chi connectivity index (χ1) is 9.34. The van der Waals surface area contributed by atoms with Gasteiger partial charge in [-0.3, -0.25) is 9.59 Å². The highest BCUT2D eigenvalue weighted by atomic mass is 16.5. The number of nitrogens with one attached hydrogen (secondary N) is 1. The number of carboxylic acid groups (broad SMARTS) is 1. The summed E-state index contributed by atoms with van der Waals surface area (Å²) in [5.74, 6) is -0.580. The minimum absolute atomic E-state index is 0.0416. The molecule has 6 heteroatoms. The average molecular weight is 280 g/mol. The van der Waals surface area contributed by atoms with Crippen LogP contribution in [0.25, 0.3) is 0 Å². The zero-order valence-electron chi connectivity index (χ0n) is 12.0. The molecule has 20 heavy (non-hydrogen) atoms. The lowest BCUT2D eigenvalue weighted by molar-refractivity contribution is -0.139. The maximum absolute atomic E-state index is 12.4. The van der Waals surface area contributed by atoms with Crippen LogP contribution in [0.3, 0.4) is 0 Å². The van der Waals surface area contributed by atoms with E-state index in [1.807, 2.05) is 13.8 Å². The van der Waals surface area contributed by atoms with Crippen LogP contribution in [0, 0.1) is 6.92 Å². The summed E-state index contributed by atoms with van der Waals surface area (Å²) in [6, 6.07) is 0. The SMILES string of the molecule is Cc1noc(C(C)C)c1C(=O)NC1(CC(=O)O)CCC1. The number of nitrogens with zero attached hydrogens (tertiary/aromatic N) is 1. The van der Waals surface area contributed by atoms with Crippen LogP contribution in [0.15, 0.2) is 4.52 Å². The molecule has 0 radical (unpaired) electrons. The van der Waals surface area contributed by atoms with Gasteiger partial charge in [-0.1, -0.05) is 19.0 Å². The Hall–Kier alpha value is -1.85. The van der Waals surface area contributed by atoms with Crippen molar-refractivity contribution >= 4 is 11.9 Å². The van der Waals surface area contributed by atoms with Crippen molar-refractivity contribution in [2.75, 3.05) is 0 Å². The molecule has 6 nitrogen and oxygen atoms in total. The van der Waals surface area contributed by atoms with Crippen molar-refractivity contribution in [2.45, 2.75) is 57.9 Å². The molecule has 1 aliphatic rings. The lowest BCUT2D eigenvalue weighted by atomic mass is 9.74. The fourth-order valence-corrected chi connectivity index (χ4v) is 2.60. The van der Waals surface area contributed by atoms with Crippen LogP contribution in [0.5, 0.6) is 0 Å². The summed E-state index contributed by atoms with van der Waals surface area (Å²) >= 11 is 0. The van der Waals surface area contributed by atoms with Crippen LogP contribution in [-0.2, 0) is 4.79 Å². The van der Waals surface area contributed by atoms with E-state index in [1.165, 1.54) is 0 Å². The summed E-state index contributed by atoms with van der Waals surface area (Å²) in [5.41, 5.74) is 0.369. The Bertz CT molecular complexity index is 529. The fraction of sp³-hybridized carbons (Fsp3) is 0.643. The first-order valence-corrected chi connectivity index (χ1v) is 6.85. The van der Waals surface area contributed by atoms with Gasteiger partial charge >= 0.3 is 5.97 Å². The molecule has 0 spiro atoms. The van der Waals surface area contributed by atoms with E-state index in [-0.39, 0.29) is 18.2 Å². The second-order valence-corrected chi connectivity index (χ2v) is 5.82. The van der Waals surface area contributed by atoms with Crippen LogP contribution in [0.4, 0.5) is 0 Å². The lowest BCUT2D eigenvalue weighted by Gasteiger charge is -2.41. The van der Waals surface area contributed by atoms with Gasteiger partial charge in [-0.05, 0) is 26.2 Å². The Morgan fingerprint density at radius 2 is 2.10 bits per heavy atom. The Morgan fingerprint density at radius 1 is 1.45 bits per heavy atom. The molecule has 1 aromatic rings. The van der Waals surface area contributed by atoms with Gasteiger partial charge in [0.1, 0.15) is 5.56 Å². The molecule has 0 unspecified atom stereocenters. The quantitative estimate of drug-likeness (QED) is 0.862. The first-order valence-electron chi connectivity index (χ1n) is 6.85. The van der Waals surface area contributed by atoms with Crippen molar-refractivity contribution in [3.8, 4) is 0 Å². The Labute approximate surface area is 117 Å². The van der Waals surface area contributed by atoms with Crippen molar-refractivity contribution in [3.05, 3.63) is 17.0 Å². The van der Waals surface area contributed by atoms with Crippen molar-refractivity contribution in [1.29, 1.82) is 0 Å². The predicted molar refractivity (Wildman–Crippen MR) is 71.6 cm³/mol. The second-order valence-electron chi connectivity index (χ2n) is 5.82. The number of carboxylic acids is 1. The molecule has 1 amide bonds. The number of hydrogen-bond acceptors (Lipinski definition) is 4. The zero-order valence-corrected chi connectivity index (χ0v) is 12.0. The second kappa shape index (κ2) is 5.26. The first kappa shape index (κ1) is 14.6. The van der Waals surface area contributed by atoms with Crippen molar-refractivity contribution in [2.24, 2.45) is 0 Å². The van der Waals surface area contributed by atoms with Gasteiger partial charge in [0.05, 0.1) is 17.7 Å². The highest BCUT2D eigenvalue weighted by molar-refractivity contribution is 5.97. The van der Waals surface area contributed by atoms with Crippen molar-refractivity contribution < 1.29 is 19.2 Å². The molecular formula is C14H20N2O4. The number of aryl methyl sites for hydroxylation is 1. The van der Waals surface area contributed by atoms with E-state index in [1.54, 1.807) is 6.92 Å². The Kier molecular flexibility index (Phi) is 3.83. The molecule has 1 heterocycles. The molecule has 0 bridgehead atoms. The van der Waals surface area contributed by atoms with E-state index in [4.69, 9.17) is 9.63 Å². The molecular weight excluding hydrogens is 260 g/mol. The molecule has 1 aromatic heterocycles. The van der Waals surface area contributed by atoms with Crippen LogP contribution >= 0.6 is 0 Å². The van der Waals surface area contributed by atoms with Gasteiger partial charge in [-0.15, -0.1) is 0 Å². The molecule has 2 rings (SSSR count). The smallest absolute Gasteiger partial charge is 0.305 e. The molecule has 0 saturated heterocycles. The number of aromatic nitrogens is 1. The van der Waals surface area contributed by atoms with Crippen LogP contribution in [0.2, 0.25) is 0 Å². The topological polar surface area (TPSA) is 92.4 Å². The lowest BCUT2D eigenvalue weighted by Crippen LogP contribution is -2.54. The van der Waals surface area contributed by atoms with Crippen molar-refractivity contribution in [1.82, 2.24) is 10.5 Å². The van der Waals surface area contributed by atoms with Gasteiger partial charge in [0.25, 0.3) is 5.91 Å². The van der Waals surface area contributed by atoms with E-state index in [9.17, 15) is 9.59 Å². The van der Waals surface area contributed by atoms with E-state index in [0.717, 1.165) is 6.42 Å². The van der Waals surface area contributed by atoms with Gasteiger partial charge in [0.15, 0.2) is 5.76 Å². The third-order valence-electron chi connectivity index (χ3n) is 3.82. The minimum Gasteiger partial charge on any atom is -0.481 e. The van der Waals surface area contributed by atoms with Crippen LogP contribution in [0.1, 0.15) is 67.3 Å². The summed E-state index contributed by atoms with van der Waals surface area (Å²) in [6.07, 6.45) is 2.30. The third-order valence-corrected chi connectivity index (χ3v) is 3.82. The minimum atomic E-state index is -0.892. The number of rotatable bonds is 5. The summed E-state index contributed by atoms with van der Waals surface area (Å²) in [7, 11) is 0. The molecule has 110 valence electrons. The maximum atomic E-state index is 12.4. The molecule has 2 N–H and O–H groups in total. The molecule has 0 aliphatic heterocycles. The molecule has 1 aliphatic carbocycles. The summed E-state index contributed by atoms with van der Waals surface area (Å²) < 4.78 is 5.20. The van der Waals surface area contributed by atoms with Crippen LogP contribution in [-0.4, -0.2) is 27.7 Å². The Balaban J connectivity index is 2.20. The summed E-state index contributed by atoms with van der Waals surface area (Å²) in [4.78, 5) is 23.4. The number of hydrogen-bond donors (Lipinski definition) is 2. The van der Waals surface area contributed by atoms with Crippen LogP contribution < -0.4 is 5.32 Å². The highest BCUT2D eigenvalue weighted by Crippen LogP contribution is 2.35. The van der Waals surface area contributed by atoms with E-state index in [0.29, 0.717) is 29.9 Å².